The highest BCUT2D eigenvalue weighted by Gasteiger charge is 2.13. The number of aromatic nitrogens is 1. The number of carbonyl (C=O) groups is 1. The Balaban J connectivity index is 2.60. The van der Waals surface area contributed by atoms with Crippen molar-refractivity contribution in [2.75, 3.05) is 20.3 Å². The van der Waals surface area contributed by atoms with E-state index in [0.29, 0.717) is 5.02 Å². The number of hydrogen-bond donors (Lipinski definition) is 2. The van der Waals surface area contributed by atoms with Crippen LogP contribution in [0.3, 0.4) is 0 Å². The van der Waals surface area contributed by atoms with Gasteiger partial charge in [-0.05, 0) is 12.1 Å². The van der Waals surface area contributed by atoms with Gasteiger partial charge in [0.25, 0.3) is 5.91 Å². The van der Waals surface area contributed by atoms with Gasteiger partial charge in [-0.1, -0.05) is 11.6 Å². The maximum Gasteiger partial charge on any atom is 0.270 e. The van der Waals surface area contributed by atoms with Crippen LogP contribution in [-0.2, 0) is 4.74 Å². The molecule has 0 bridgehead atoms. The van der Waals surface area contributed by atoms with Gasteiger partial charge in [0.2, 0.25) is 0 Å². The van der Waals surface area contributed by atoms with Crippen molar-refractivity contribution in [2.45, 2.75) is 6.04 Å². The maximum atomic E-state index is 11.6. The number of hydrogen-bond acceptors (Lipinski definition) is 4. The molecular weight excluding hydrogens is 232 g/mol. The topological polar surface area (TPSA) is 71.5 Å². The van der Waals surface area contributed by atoms with Crippen LogP contribution < -0.4 is 5.32 Å². The van der Waals surface area contributed by atoms with E-state index in [-0.39, 0.29) is 24.8 Å². The quantitative estimate of drug-likeness (QED) is 0.790. The summed E-state index contributed by atoms with van der Waals surface area (Å²) in [6.07, 6.45) is 1.39. The molecule has 0 radical (unpaired) electrons. The minimum absolute atomic E-state index is 0.187. The van der Waals surface area contributed by atoms with E-state index in [1.165, 1.54) is 19.4 Å². The highest BCUT2D eigenvalue weighted by Crippen LogP contribution is 2.06. The largest absolute Gasteiger partial charge is 0.394 e. The number of halogens is 1. The van der Waals surface area contributed by atoms with Crippen molar-refractivity contribution in [3.63, 3.8) is 0 Å². The molecule has 0 aliphatic carbocycles. The number of carbonyl (C=O) groups excluding carboxylic acids is 1. The molecular formula is C10H13ClN2O3. The van der Waals surface area contributed by atoms with Gasteiger partial charge in [0, 0.05) is 13.3 Å². The van der Waals surface area contributed by atoms with Gasteiger partial charge in [0.15, 0.2) is 0 Å². The summed E-state index contributed by atoms with van der Waals surface area (Å²) < 4.78 is 4.83. The zero-order valence-corrected chi connectivity index (χ0v) is 9.57. The van der Waals surface area contributed by atoms with Crippen molar-refractivity contribution >= 4 is 17.5 Å². The molecule has 0 aromatic carbocycles. The SMILES string of the molecule is COCC(CO)NC(=O)c1ccc(Cl)cn1. The predicted molar refractivity (Wildman–Crippen MR) is 59.5 cm³/mol. The van der Waals surface area contributed by atoms with E-state index in [2.05, 4.69) is 10.3 Å². The summed E-state index contributed by atoms with van der Waals surface area (Å²) >= 11 is 5.64. The fraction of sp³-hybridized carbons (Fsp3) is 0.400. The number of pyridine rings is 1. The minimum atomic E-state index is -0.435. The zero-order chi connectivity index (χ0) is 12.0. The number of aliphatic hydroxyl groups is 1. The first-order valence-corrected chi connectivity index (χ1v) is 5.07. The van der Waals surface area contributed by atoms with Crippen LogP contribution in [0.25, 0.3) is 0 Å². The molecule has 1 heterocycles. The van der Waals surface area contributed by atoms with Gasteiger partial charge >= 0.3 is 0 Å². The van der Waals surface area contributed by atoms with Crippen LogP contribution in [-0.4, -0.2) is 42.4 Å². The number of rotatable bonds is 5. The van der Waals surface area contributed by atoms with Gasteiger partial charge in [0.1, 0.15) is 5.69 Å². The molecule has 5 nitrogen and oxygen atoms in total. The lowest BCUT2D eigenvalue weighted by molar-refractivity contribution is 0.0835. The molecule has 1 amide bonds. The van der Waals surface area contributed by atoms with E-state index < -0.39 is 6.04 Å². The first kappa shape index (κ1) is 12.9. The molecule has 1 rings (SSSR count). The van der Waals surface area contributed by atoms with Crippen LogP contribution in [0, 0.1) is 0 Å². The Kier molecular flexibility index (Phi) is 5.18. The van der Waals surface area contributed by atoms with Crippen LogP contribution >= 0.6 is 11.6 Å². The summed E-state index contributed by atoms with van der Waals surface area (Å²) in [6, 6.07) is 2.65. The molecule has 0 aliphatic heterocycles. The van der Waals surface area contributed by atoms with E-state index in [9.17, 15) is 4.79 Å². The maximum absolute atomic E-state index is 11.6. The fourth-order valence-corrected chi connectivity index (χ4v) is 1.22. The van der Waals surface area contributed by atoms with Crippen molar-refractivity contribution in [3.8, 4) is 0 Å². The number of ether oxygens (including phenoxy) is 1. The Bertz CT molecular complexity index is 342. The van der Waals surface area contributed by atoms with Crippen molar-refractivity contribution < 1.29 is 14.6 Å². The van der Waals surface area contributed by atoms with Gasteiger partial charge in [0.05, 0.1) is 24.3 Å². The molecule has 0 saturated heterocycles. The average molecular weight is 245 g/mol. The molecule has 0 fully saturated rings. The van der Waals surface area contributed by atoms with Crippen LogP contribution in [0.1, 0.15) is 10.5 Å². The Morgan fingerprint density at radius 1 is 1.69 bits per heavy atom. The lowest BCUT2D eigenvalue weighted by Crippen LogP contribution is -2.40. The molecule has 0 aliphatic rings. The first-order chi connectivity index (χ1) is 7.67. The number of methoxy groups -OCH3 is 1. The van der Waals surface area contributed by atoms with E-state index in [1.807, 2.05) is 0 Å². The minimum Gasteiger partial charge on any atom is -0.394 e. The molecule has 2 N–H and O–H groups in total. The molecule has 16 heavy (non-hydrogen) atoms. The zero-order valence-electron chi connectivity index (χ0n) is 8.81. The van der Waals surface area contributed by atoms with Gasteiger partial charge in [-0.3, -0.25) is 4.79 Å². The summed E-state index contributed by atoms with van der Waals surface area (Å²) in [4.78, 5) is 15.5. The normalized spacial score (nSPS) is 12.2. The Morgan fingerprint density at radius 2 is 2.44 bits per heavy atom. The molecule has 1 atom stereocenters. The summed E-state index contributed by atoms with van der Waals surface area (Å²) in [5, 5.41) is 12.0. The van der Waals surface area contributed by atoms with Crippen LogP contribution in [0.2, 0.25) is 5.02 Å². The summed E-state index contributed by atoms with van der Waals surface area (Å²) in [5.41, 5.74) is 0.249. The fourth-order valence-electron chi connectivity index (χ4n) is 1.11. The van der Waals surface area contributed by atoms with E-state index in [1.54, 1.807) is 6.07 Å². The number of nitrogens with one attached hydrogen (secondary N) is 1. The predicted octanol–water partition coefficient (Wildman–Crippen LogP) is 0.472. The second-order valence-corrected chi connectivity index (χ2v) is 3.61. The first-order valence-electron chi connectivity index (χ1n) is 4.69. The molecule has 88 valence electrons. The Morgan fingerprint density at radius 3 is 2.94 bits per heavy atom. The third kappa shape index (κ3) is 3.77. The van der Waals surface area contributed by atoms with Gasteiger partial charge in [-0.2, -0.15) is 0 Å². The lowest BCUT2D eigenvalue weighted by atomic mass is 10.3. The van der Waals surface area contributed by atoms with E-state index >= 15 is 0 Å². The Labute approximate surface area is 98.4 Å². The molecule has 1 aromatic heterocycles. The van der Waals surface area contributed by atoms with Gasteiger partial charge in [-0.25, -0.2) is 4.98 Å². The molecule has 6 heteroatoms. The van der Waals surface area contributed by atoms with Crippen molar-refractivity contribution in [1.29, 1.82) is 0 Å². The Hall–Kier alpha value is -1.17. The number of nitrogens with zero attached hydrogens (tertiary/aromatic N) is 1. The van der Waals surface area contributed by atoms with Crippen molar-refractivity contribution in [2.24, 2.45) is 0 Å². The smallest absolute Gasteiger partial charge is 0.270 e. The summed E-state index contributed by atoms with van der Waals surface area (Å²) in [7, 11) is 1.50. The summed E-state index contributed by atoms with van der Waals surface area (Å²) in [6.45, 7) is 0.0585. The second kappa shape index (κ2) is 6.42. The standard InChI is InChI=1S/C10H13ClN2O3/c1-16-6-8(5-14)13-10(15)9-3-2-7(11)4-12-9/h2-4,8,14H,5-6H2,1H3,(H,13,15). The second-order valence-electron chi connectivity index (χ2n) is 3.17. The highest BCUT2D eigenvalue weighted by molar-refractivity contribution is 6.30. The summed E-state index contributed by atoms with van der Waals surface area (Å²) in [5.74, 6) is -0.368. The van der Waals surface area contributed by atoms with E-state index in [0.717, 1.165) is 0 Å². The van der Waals surface area contributed by atoms with Gasteiger partial charge < -0.3 is 15.2 Å². The number of amides is 1. The van der Waals surface area contributed by atoms with E-state index in [4.69, 9.17) is 21.4 Å². The molecule has 1 unspecified atom stereocenters. The highest BCUT2D eigenvalue weighted by atomic mass is 35.5. The van der Waals surface area contributed by atoms with Crippen molar-refractivity contribution in [3.05, 3.63) is 29.0 Å². The lowest BCUT2D eigenvalue weighted by Gasteiger charge is -2.14. The third-order valence-electron chi connectivity index (χ3n) is 1.88. The average Bonchev–Trinajstić information content (AvgIpc) is 2.29. The molecule has 0 spiro atoms. The van der Waals surface area contributed by atoms with Gasteiger partial charge in [-0.15, -0.1) is 0 Å². The molecule has 1 aromatic rings. The molecule has 0 saturated carbocycles. The third-order valence-corrected chi connectivity index (χ3v) is 2.11. The van der Waals surface area contributed by atoms with Crippen LogP contribution in [0.5, 0.6) is 0 Å². The van der Waals surface area contributed by atoms with Crippen LogP contribution in [0.15, 0.2) is 18.3 Å². The van der Waals surface area contributed by atoms with Crippen molar-refractivity contribution in [1.82, 2.24) is 10.3 Å². The van der Waals surface area contributed by atoms with Crippen LogP contribution in [0.4, 0.5) is 0 Å². The monoisotopic (exact) mass is 244 g/mol. The number of aliphatic hydroxyl groups excluding tert-OH is 1.